The fourth-order valence-corrected chi connectivity index (χ4v) is 2.75. The third kappa shape index (κ3) is 2.56. The zero-order valence-electron chi connectivity index (χ0n) is 12.8. The molecule has 0 amide bonds. The number of hydrogen-bond acceptors (Lipinski definition) is 9. The van der Waals surface area contributed by atoms with Gasteiger partial charge in [0.1, 0.15) is 12.1 Å². The Balaban J connectivity index is 1.59. The van der Waals surface area contributed by atoms with E-state index in [0.29, 0.717) is 24.7 Å². The van der Waals surface area contributed by atoms with Gasteiger partial charge in [0.15, 0.2) is 18.1 Å². The molecule has 24 heavy (non-hydrogen) atoms. The van der Waals surface area contributed by atoms with Crippen molar-refractivity contribution >= 4 is 23.6 Å². The molecule has 2 aliphatic rings. The van der Waals surface area contributed by atoms with Crippen LogP contribution in [0.3, 0.4) is 0 Å². The first-order valence-corrected chi connectivity index (χ1v) is 7.59. The van der Waals surface area contributed by atoms with Crippen LogP contribution in [-0.4, -0.2) is 63.6 Å². The Morgan fingerprint density at radius 3 is 2.83 bits per heavy atom. The maximum Gasteiger partial charge on any atom is 0.153 e. The molecule has 124 valence electrons. The molecule has 1 fully saturated rings. The summed E-state index contributed by atoms with van der Waals surface area (Å²) in [5.74, 6) is 1.42. The van der Waals surface area contributed by atoms with Gasteiger partial charge in [-0.05, 0) is 0 Å². The summed E-state index contributed by atoms with van der Waals surface area (Å²) >= 11 is 0. The van der Waals surface area contributed by atoms with Crippen LogP contribution in [0.25, 0.3) is 5.70 Å². The molecule has 2 aliphatic heterocycles. The first-order valence-electron chi connectivity index (χ1n) is 7.59. The molecule has 2 aromatic heterocycles. The van der Waals surface area contributed by atoms with E-state index in [-0.39, 0.29) is 0 Å². The number of hydrazine groups is 1. The van der Waals surface area contributed by atoms with Gasteiger partial charge in [0, 0.05) is 25.4 Å². The average Bonchev–Trinajstić information content (AvgIpc) is 3.31. The fourth-order valence-electron chi connectivity index (χ4n) is 2.75. The second kappa shape index (κ2) is 6.24. The smallest absolute Gasteiger partial charge is 0.153 e. The Bertz CT molecular complexity index is 741. The van der Waals surface area contributed by atoms with Crippen LogP contribution in [-0.2, 0) is 9.53 Å². The van der Waals surface area contributed by atoms with Crippen LogP contribution in [0.15, 0.2) is 31.0 Å². The summed E-state index contributed by atoms with van der Waals surface area (Å²) in [5.41, 5.74) is 3.74. The molecule has 0 radical (unpaired) electrons. The lowest BCUT2D eigenvalue weighted by Crippen LogP contribution is -2.41. The Kier molecular flexibility index (Phi) is 3.79. The van der Waals surface area contributed by atoms with E-state index in [1.807, 2.05) is 6.07 Å². The summed E-state index contributed by atoms with van der Waals surface area (Å²) < 4.78 is 6.91. The number of nitrogens with zero attached hydrogens (tertiary/aromatic N) is 7. The predicted molar refractivity (Wildman–Crippen MR) is 84.8 cm³/mol. The van der Waals surface area contributed by atoms with Gasteiger partial charge in [-0.25, -0.2) is 14.6 Å². The number of morpholine rings is 1. The molecule has 4 rings (SSSR count). The van der Waals surface area contributed by atoms with Gasteiger partial charge in [0.25, 0.3) is 0 Å². The number of nitrogens with one attached hydrogen (secondary N) is 1. The Morgan fingerprint density at radius 2 is 2.08 bits per heavy atom. The number of rotatable bonds is 4. The van der Waals surface area contributed by atoms with Crippen molar-refractivity contribution in [1.29, 1.82) is 0 Å². The predicted octanol–water partition coefficient (Wildman–Crippen LogP) is -0.705. The number of ether oxygens (including phenoxy) is 1. The molecule has 0 aliphatic carbocycles. The van der Waals surface area contributed by atoms with Crippen molar-refractivity contribution in [3.05, 3.63) is 31.0 Å². The maximum absolute atomic E-state index is 11.6. The molecule has 2 aromatic rings. The number of aldehydes is 1. The highest BCUT2D eigenvalue weighted by molar-refractivity contribution is 5.83. The van der Waals surface area contributed by atoms with Gasteiger partial charge in [-0.15, -0.1) is 5.10 Å². The fraction of sp³-hybridized carbons (Fsp3) is 0.357. The van der Waals surface area contributed by atoms with Crippen molar-refractivity contribution in [2.24, 2.45) is 0 Å². The summed E-state index contributed by atoms with van der Waals surface area (Å²) in [5, 5.41) is 9.38. The molecule has 0 spiro atoms. The highest BCUT2D eigenvalue weighted by Crippen LogP contribution is 2.25. The summed E-state index contributed by atoms with van der Waals surface area (Å²) in [6, 6.07) is 1.30. The molecule has 1 saturated heterocycles. The van der Waals surface area contributed by atoms with E-state index >= 15 is 0 Å². The van der Waals surface area contributed by atoms with Crippen molar-refractivity contribution in [3.8, 4) is 0 Å². The molecule has 0 saturated carbocycles. The zero-order valence-corrected chi connectivity index (χ0v) is 12.8. The summed E-state index contributed by atoms with van der Waals surface area (Å²) in [6.07, 6.45) is 7.30. The third-order valence-corrected chi connectivity index (χ3v) is 3.97. The van der Waals surface area contributed by atoms with Gasteiger partial charge in [-0.2, -0.15) is 0 Å². The number of carbonyl (C=O) groups is 1. The molecule has 10 nitrogen and oxygen atoms in total. The van der Waals surface area contributed by atoms with E-state index < -0.39 is 6.04 Å². The maximum atomic E-state index is 11.6. The number of hydrogen-bond donors (Lipinski definition) is 1. The summed E-state index contributed by atoms with van der Waals surface area (Å²) in [4.78, 5) is 22.4. The van der Waals surface area contributed by atoms with E-state index in [2.05, 4.69) is 30.6 Å². The lowest BCUT2D eigenvalue weighted by molar-refractivity contribution is -0.108. The quantitative estimate of drug-likeness (QED) is 0.730. The van der Waals surface area contributed by atoms with Crippen molar-refractivity contribution in [2.75, 3.05) is 36.2 Å². The number of aromatic nitrogens is 5. The molecule has 4 heterocycles. The van der Waals surface area contributed by atoms with Crippen LogP contribution in [0.4, 0.5) is 11.6 Å². The van der Waals surface area contributed by atoms with Crippen molar-refractivity contribution in [2.45, 2.75) is 6.04 Å². The molecule has 0 bridgehead atoms. The molecule has 10 heteroatoms. The van der Waals surface area contributed by atoms with Gasteiger partial charge in [0.05, 0.1) is 31.3 Å². The van der Waals surface area contributed by atoms with Crippen LogP contribution >= 0.6 is 0 Å². The summed E-state index contributed by atoms with van der Waals surface area (Å²) in [7, 11) is 0. The van der Waals surface area contributed by atoms with Crippen LogP contribution < -0.4 is 15.3 Å². The van der Waals surface area contributed by atoms with E-state index in [1.165, 1.54) is 6.33 Å². The summed E-state index contributed by atoms with van der Waals surface area (Å²) in [6.45, 7) is 2.92. The molecular formula is C14H16N8O2. The minimum atomic E-state index is -0.556. The first-order chi connectivity index (χ1) is 11.9. The van der Waals surface area contributed by atoms with E-state index in [4.69, 9.17) is 4.74 Å². The van der Waals surface area contributed by atoms with Crippen LogP contribution in [0.5, 0.6) is 0 Å². The normalized spacial score (nSPS) is 20.7. The standard InChI is InChI=1S/C14H16N8O2/c23-9-12-11(21-2-1-17-19-21)8-18-22(12)14-7-13(15-10-16-14)20-3-5-24-6-4-20/h1-2,7-10,12,18H,3-6H2. The van der Waals surface area contributed by atoms with Crippen molar-refractivity contribution < 1.29 is 9.53 Å². The number of anilines is 2. The topological polar surface area (TPSA) is 101 Å². The van der Waals surface area contributed by atoms with Crippen molar-refractivity contribution in [3.63, 3.8) is 0 Å². The zero-order chi connectivity index (χ0) is 16.4. The SMILES string of the molecule is O=CC1C(n2ccnn2)=CNN1c1cc(N2CCOCC2)ncn1. The Hall–Kier alpha value is -3.01. The van der Waals surface area contributed by atoms with E-state index in [0.717, 1.165) is 25.2 Å². The van der Waals surface area contributed by atoms with Gasteiger partial charge >= 0.3 is 0 Å². The van der Waals surface area contributed by atoms with Gasteiger partial charge < -0.3 is 19.9 Å². The first kappa shape index (κ1) is 14.6. The molecule has 0 aromatic carbocycles. The second-order valence-corrected chi connectivity index (χ2v) is 5.33. The van der Waals surface area contributed by atoms with Crippen LogP contribution in [0.1, 0.15) is 0 Å². The monoisotopic (exact) mass is 328 g/mol. The Morgan fingerprint density at radius 1 is 1.25 bits per heavy atom. The lowest BCUT2D eigenvalue weighted by atomic mass is 10.2. The molecule has 1 N–H and O–H groups in total. The van der Waals surface area contributed by atoms with Gasteiger partial charge in [0.2, 0.25) is 0 Å². The molecular weight excluding hydrogens is 312 g/mol. The van der Waals surface area contributed by atoms with Crippen molar-refractivity contribution in [1.82, 2.24) is 30.4 Å². The van der Waals surface area contributed by atoms with Gasteiger partial charge in [-0.1, -0.05) is 5.21 Å². The van der Waals surface area contributed by atoms with E-state index in [9.17, 15) is 4.79 Å². The lowest BCUT2D eigenvalue weighted by Gasteiger charge is -2.29. The molecule has 1 unspecified atom stereocenters. The Labute approximate surface area is 137 Å². The number of carbonyl (C=O) groups excluding carboxylic acids is 1. The van der Waals surface area contributed by atoms with Crippen LogP contribution in [0, 0.1) is 0 Å². The van der Waals surface area contributed by atoms with E-state index in [1.54, 1.807) is 28.3 Å². The third-order valence-electron chi connectivity index (χ3n) is 3.97. The van der Waals surface area contributed by atoms with Gasteiger partial charge in [-0.3, -0.25) is 5.01 Å². The average molecular weight is 328 g/mol. The second-order valence-electron chi connectivity index (χ2n) is 5.33. The molecule has 1 atom stereocenters. The minimum absolute atomic E-state index is 0.556. The highest BCUT2D eigenvalue weighted by atomic mass is 16.5. The minimum Gasteiger partial charge on any atom is -0.378 e. The van der Waals surface area contributed by atoms with Crippen LogP contribution in [0.2, 0.25) is 0 Å². The highest BCUT2D eigenvalue weighted by Gasteiger charge is 2.30. The largest absolute Gasteiger partial charge is 0.378 e.